The van der Waals surface area contributed by atoms with Crippen molar-refractivity contribution in [3.63, 3.8) is 0 Å². The number of hydrogen-bond donors (Lipinski definition) is 2. The molecule has 21 heavy (non-hydrogen) atoms. The van der Waals surface area contributed by atoms with Crippen LogP contribution in [0.3, 0.4) is 0 Å². The molecule has 0 aliphatic heterocycles. The highest BCUT2D eigenvalue weighted by atomic mass is 19.4. The third-order valence-corrected chi connectivity index (χ3v) is 2.86. The van der Waals surface area contributed by atoms with Crippen molar-refractivity contribution in [2.45, 2.75) is 12.7 Å². The molecule has 0 atom stereocenters. The zero-order valence-corrected chi connectivity index (χ0v) is 10.8. The van der Waals surface area contributed by atoms with E-state index in [-0.39, 0.29) is 23.4 Å². The number of halogens is 3. The van der Waals surface area contributed by atoms with E-state index in [2.05, 4.69) is 10.3 Å². The fourth-order valence-corrected chi connectivity index (χ4v) is 1.82. The van der Waals surface area contributed by atoms with Crippen LogP contribution in [0.15, 0.2) is 42.7 Å². The van der Waals surface area contributed by atoms with Gasteiger partial charge in [0.2, 0.25) is 0 Å². The largest absolute Gasteiger partial charge is 0.416 e. The second-order valence-electron chi connectivity index (χ2n) is 4.30. The number of nitrogens with zero attached hydrogens (tertiary/aromatic N) is 1. The highest BCUT2D eigenvalue weighted by Gasteiger charge is 2.32. The van der Waals surface area contributed by atoms with Crippen LogP contribution >= 0.6 is 0 Å². The number of carbonyl (C=O) groups excluding carboxylic acids is 1. The number of nitrogens with two attached hydrogens (primary N) is 1. The van der Waals surface area contributed by atoms with E-state index in [0.29, 0.717) is 0 Å². The summed E-state index contributed by atoms with van der Waals surface area (Å²) in [4.78, 5) is 15.6. The molecular weight excluding hydrogens is 283 g/mol. The third-order valence-electron chi connectivity index (χ3n) is 2.86. The van der Waals surface area contributed by atoms with Crippen LogP contribution in [0, 0.1) is 0 Å². The maximum absolute atomic E-state index is 12.8. The van der Waals surface area contributed by atoms with Gasteiger partial charge in [-0.05, 0) is 17.7 Å². The zero-order chi connectivity index (χ0) is 15.5. The first kappa shape index (κ1) is 14.8. The molecule has 1 aromatic carbocycles. The number of hydrogen-bond acceptors (Lipinski definition) is 3. The molecule has 1 heterocycles. The van der Waals surface area contributed by atoms with Crippen molar-refractivity contribution >= 4 is 11.6 Å². The molecule has 110 valence electrons. The van der Waals surface area contributed by atoms with Crippen LogP contribution in [0.2, 0.25) is 0 Å². The van der Waals surface area contributed by atoms with Crippen LogP contribution in [0.25, 0.3) is 0 Å². The Kier molecular flexibility index (Phi) is 4.11. The Morgan fingerprint density at radius 1 is 1.24 bits per heavy atom. The van der Waals surface area contributed by atoms with Gasteiger partial charge in [0, 0.05) is 24.6 Å². The molecule has 0 bridgehead atoms. The highest BCUT2D eigenvalue weighted by Crippen LogP contribution is 2.31. The lowest BCUT2D eigenvalue weighted by molar-refractivity contribution is -0.138. The van der Waals surface area contributed by atoms with Gasteiger partial charge < -0.3 is 11.1 Å². The Morgan fingerprint density at radius 3 is 2.62 bits per heavy atom. The summed E-state index contributed by atoms with van der Waals surface area (Å²) in [7, 11) is 0. The number of carbonyl (C=O) groups is 1. The quantitative estimate of drug-likeness (QED) is 0.914. The first-order valence-corrected chi connectivity index (χ1v) is 6.02. The van der Waals surface area contributed by atoms with Gasteiger partial charge in [-0.25, -0.2) is 0 Å². The van der Waals surface area contributed by atoms with E-state index >= 15 is 0 Å². The normalized spacial score (nSPS) is 11.2. The molecule has 3 N–H and O–H groups in total. The maximum Gasteiger partial charge on any atom is 0.416 e. The minimum atomic E-state index is -4.46. The van der Waals surface area contributed by atoms with Crippen molar-refractivity contribution in [3.05, 3.63) is 59.4 Å². The molecule has 2 rings (SSSR count). The Hall–Kier alpha value is -2.57. The van der Waals surface area contributed by atoms with Gasteiger partial charge in [-0.3, -0.25) is 9.78 Å². The molecule has 0 spiro atoms. The van der Waals surface area contributed by atoms with Gasteiger partial charge in [-0.2, -0.15) is 13.2 Å². The Bertz CT molecular complexity index is 656. The fourth-order valence-electron chi connectivity index (χ4n) is 1.82. The molecular formula is C14H12F3N3O. The summed E-state index contributed by atoms with van der Waals surface area (Å²) < 4.78 is 38.5. The number of nitrogen functional groups attached to an aromatic ring is 1. The van der Waals surface area contributed by atoms with E-state index in [0.717, 1.165) is 6.07 Å². The number of aromatic nitrogens is 1. The molecule has 1 amide bonds. The van der Waals surface area contributed by atoms with Gasteiger partial charge in [-0.15, -0.1) is 0 Å². The summed E-state index contributed by atoms with van der Waals surface area (Å²) in [5.41, 5.74) is 5.16. The lowest BCUT2D eigenvalue weighted by atomic mass is 10.1. The van der Waals surface area contributed by atoms with E-state index in [1.807, 2.05) is 0 Å². The van der Waals surface area contributed by atoms with Crippen LogP contribution in [0.1, 0.15) is 21.5 Å². The number of benzene rings is 1. The van der Waals surface area contributed by atoms with Crippen molar-refractivity contribution in [2.24, 2.45) is 0 Å². The first-order chi connectivity index (χ1) is 9.89. The minimum Gasteiger partial charge on any atom is -0.398 e. The van der Waals surface area contributed by atoms with Gasteiger partial charge in [-0.1, -0.05) is 18.2 Å². The van der Waals surface area contributed by atoms with Gasteiger partial charge in [0.05, 0.1) is 11.1 Å². The molecule has 2 aromatic rings. The minimum absolute atomic E-state index is 0.0131. The standard InChI is InChI=1S/C14H12F3N3O/c15-14(16,17)11-4-2-1-3-9(11)7-20-13(21)10-8-19-6-5-12(10)18/h1-6,8H,7H2,(H2,18,19)(H,20,21). The number of pyridine rings is 1. The molecule has 0 saturated carbocycles. The van der Waals surface area contributed by atoms with E-state index < -0.39 is 17.6 Å². The number of anilines is 1. The van der Waals surface area contributed by atoms with Crippen molar-refractivity contribution in [2.75, 3.05) is 5.73 Å². The maximum atomic E-state index is 12.8. The summed E-state index contributed by atoms with van der Waals surface area (Å²) in [5.74, 6) is -0.572. The predicted octanol–water partition coefficient (Wildman–Crippen LogP) is 2.61. The lowest BCUT2D eigenvalue weighted by Crippen LogP contribution is -2.25. The average molecular weight is 295 g/mol. The number of alkyl halides is 3. The second kappa shape index (κ2) is 5.82. The van der Waals surface area contributed by atoms with Gasteiger partial charge in [0.15, 0.2) is 0 Å². The van der Waals surface area contributed by atoms with Crippen molar-refractivity contribution < 1.29 is 18.0 Å². The first-order valence-electron chi connectivity index (χ1n) is 6.02. The summed E-state index contributed by atoms with van der Waals surface area (Å²) >= 11 is 0. The molecule has 0 radical (unpaired) electrons. The molecule has 0 aliphatic rings. The summed E-state index contributed by atoms with van der Waals surface area (Å²) in [5, 5.41) is 2.41. The van der Waals surface area contributed by atoms with Crippen LogP contribution in [-0.2, 0) is 12.7 Å². The number of rotatable bonds is 3. The highest BCUT2D eigenvalue weighted by molar-refractivity contribution is 5.98. The van der Waals surface area contributed by atoms with Crippen LogP contribution in [0.4, 0.5) is 18.9 Å². The van der Waals surface area contributed by atoms with Gasteiger partial charge in [0.25, 0.3) is 5.91 Å². The predicted molar refractivity (Wildman–Crippen MR) is 71.3 cm³/mol. The topological polar surface area (TPSA) is 68.0 Å². The fraction of sp³-hybridized carbons (Fsp3) is 0.143. The summed E-state index contributed by atoms with van der Waals surface area (Å²) in [6.07, 6.45) is -1.78. The Morgan fingerprint density at radius 2 is 1.95 bits per heavy atom. The van der Waals surface area contributed by atoms with E-state index in [9.17, 15) is 18.0 Å². The van der Waals surface area contributed by atoms with E-state index in [4.69, 9.17) is 5.73 Å². The SMILES string of the molecule is Nc1ccncc1C(=O)NCc1ccccc1C(F)(F)F. The molecule has 7 heteroatoms. The Labute approximate surface area is 118 Å². The van der Waals surface area contributed by atoms with Crippen LogP contribution in [0.5, 0.6) is 0 Å². The smallest absolute Gasteiger partial charge is 0.398 e. The summed E-state index contributed by atoms with van der Waals surface area (Å²) in [6, 6.07) is 6.51. The Balaban J connectivity index is 2.14. The lowest BCUT2D eigenvalue weighted by Gasteiger charge is -2.13. The second-order valence-corrected chi connectivity index (χ2v) is 4.30. The summed E-state index contributed by atoms with van der Waals surface area (Å²) in [6.45, 7) is -0.247. The molecule has 0 aliphatic carbocycles. The number of amides is 1. The molecule has 4 nitrogen and oxygen atoms in total. The van der Waals surface area contributed by atoms with Crippen LogP contribution in [-0.4, -0.2) is 10.9 Å². The molecule has 1 aromatic heterocycles. The zero-order valence-electron chi connectivity index (χ0n) is 10.8. The molecule has 0 unspecified atom stereocenters. The van der Waals surface area contributed by atoms with Crippen molar-refractivity contribution in [1.29, 1.82) is 0 Å². The van der Waals surface area contributed by atoms with E-state index in [1.54, 1.807) is 0 Å². The molecule has 0 saturated heterocycles. The van der Waals surface area contributed by atoms with Gasteiger partial charge in [0.1, 0.15) is 0 Å². The van der Waals surface area contributed by atoms with Gasteiger partial charge >= 0.3 is 6.18 Å². The third kappa shape index (κ3) is 3.50. The van der Waals surface area contributed by atoms with Crippen molar-refractivity contribution in [3.8, 4) is 0 Å². The van der Waals surface area contributed by atoms with Crippen molar-refractivity contribution in [1.82, 2.24) is 10.3 Å². The van der Waals surface area contributed by atoms with E-state index in [1.165, 1.54) is 36.7 Å². The number of nitrogens with one attached hydrogen (secondary N) is 1. The monoisotopic (exact) mass is 295 g/mol. The molecule has 0 fully saturated rings. The average Bonchev–Trinajstić information content (AvgIpc) is 2.44. The van der Waals surface area contributed by atoms with Crippen LogP contribution < -0.4 is 11.1 Å².